The number of nitrogens with zero attached hydrogens (tertiary/aromatic N) is 1. The van der Waals surface area contributed by atoms with Crippen molar-refractivity contribution in [1.29, 1.82) is 0 Å². The number of hydrogen-bond acceptors (Lipinski definition) is 4. The van der Waals surface area contributed by atoms with Crippen LogP contribution in [0.2, 0.25) is 0 Å². The molecule has 5 nitrogen and oxygen atoms in total. The minimum absolute atomic E-state index is 0.145. The molecular weight excluding hydrogens is 264 g/mol. The van der Waals surface area contributed by atoms with Crippen LogP contribution in [-0.2, 0) is 10.0 Å². The fraction of sp³-hybridized carbons (Fsp3) is 0.385. The second-order valence-corrected chi connectivity index (χ2v) is 6.05. The molecule has 0 heterocycles. The Morgan fingerprint density at radius 3 is 2.58 bits per heavy atom. The van der Waals surface area contributed by atoms with E-state index >= 15 is 0 Å². The number of rotatable bonds is 5. The molecule has 0 spiro atoms. The summed E-state index contributed by atoms with van der Waals surface area (Å²) in [6.07, 6.45) is 0. The maximum Gasteiger partial charge on any atom is 0.246 e. The monoisotopic (exact) mass is 282 g/mol. The molecule has 0 unspecified atom stereocenters. The minimum Gasteiger partial charge on any atom is -0.495 e. The normalized spacial score (nSPS) is 10.8. The Balaban J connectivity index is 3.12. The van der Waals surface area contributed by atoms with Crippen LogP contribution < -0.4 is 10.1 Å². The first kappa shape index (κ1) is 15.3. The summed E-state index contributed by atoms with van der Waals surface area (Å²) in [5.41, 5.74) is 0.761. The van der Waals surface area contributed by atoms with E-state index in [2.05, 4.69) is 17.2 Å². The molecule has 0 fully saturated rings. The van der Waals surface area contributed by atoms with E-state index in [1.54, 1.807) is 19.1 Å². The van der Waals surface area contributed by atoms with Gasteiger partial charge in [-0.15, -0.1) is 5.92 Å². The second-order valence-electron chi connectivity index (χ2n) is 3.93. The summed E-state index contributed by atoms with van der Waals surface area (Å²) >= 11 is 0. The molecule has 1 aromatic carbocycles. The topological polar surface area (TPSA) is 58.6 Å². The molecule has 1 N–H and O–H groups in total. The average molecular weight is 282 g/mol. The Morgan fingerprint density at radius 1 is 1.37 bits per heavy atom. The summed E-state index contributed by atoms with van der Waals surface area (Å²) in [5, 5.41) is 3.07. The van der Waals surface area contributed by atoms with E-state index in [0.29, 0.717) is 12.3 Å². The summed E-state index contributed by atoms with van der Waals surface area (Å²) in [4.78, 5) is 0.145. The maximum absolute atomic E-state index is 12.1. The molecule has 1 aromatic rings. The van der Waals surface area contributed by atoms with Crippen molar-refractivity contribution in [1.82, 2.24) is 4.31 Å². The van der Waals surface area contributed by atoms with Crippen molar-refractivity contribution in [3.05, 3.63) is 18.2 Å². The molecule has 0 aliphatic heterocycles. The fourth-order valence-corrected chi connectivity index (χ4v) is 2.45. The molecule has 0 aromatic heterocycles. The van der Waals surface area contributed by atoms with E-state index in [-0.39, 0.29) is 4.90 Å². The van der Waals surface area contributed by atoms with Gasteiger partial charge in [-0.05, 0) is 19.1 Å². The summed E-state index contributed by atoms with van der Waals surface area (Å²) in [7, 11) is 0.903. The van der Waals surface area contributed by atoms with Crippen molar-refractivity contribution in [3.63, 3.8) is 0 Å². The lowest BCUT2D eigenvalue weighted by Gasteiger charge is -2.15. The molecule has 0 aliphatic rings. The van der Waals surface area contributed by atoms with Gasteiger partial charge < -0.3 is 10.1 Å². The number of nitrogens with one attached hydrogen (secondary N) is 1. The summed E-state index contributed by atoms with van der Waals surface area (Å²) in [6.45, 7) is 2.26. The first-order valence-corrected chi connectivity index (χ1v) is 7.11. The van der Waals surface area contributed by atoms with Crippen LogP contribution in [0.5, 0.6) is 5.75 Å². The van der Waals surface area contributed by atoms with Crippen LogP contribution in [0.15, 0.2) is 23.1 Å². The number of ether oxygens (including phenoxy) is 1. The molecular formula is C13H18N2O3S. The van der Waals surface area contributed by atoms with Gasteiger partial charge in [-0.25, -0.2) is 12.7 Å². The van der Waals surface area contributed by atoms with Gasteiger partial charge in [0.1, 0.15) is 10.6 Å². The van der Waals surface area contributed by atoms with Crippen LogP contribution in [0.25, 0.3) is 0 Å². The highest BCUT2D eigenvalue weighted by molar-refractivity contribution is 7.89. The molecule has 0 atom stereocenters. The third kappa shape index (κ3) is 3.63. The Bertz CT molecular complexity index is 598. The highest BCUT2D eigenvalue weighted by Gasteiger charge is 2.22. The van der Waals surface area contributed by atoms with Gasteiger partial charge >= 0.3 is 0 Å². The highest BCUT2D eigenvalue weighted by atomic mass is 32.2. The zero-order chi connectivity index (χ0) is 14.5. The van der Waals surface area contributed by atoms with Crippen molar-refractivity contribution in [2.24, 2.45) is 0 Å². The highest BCUT2D eigenvalue weighted by Crippen LogP contribution is 2.28. The van der Waals surface area contributed by atoms with Crippen molar-refractivity contribution in [3.8, 4) is 17.6 Å². The van der Waals surface area contributed by atoms with E-state index in [0.717, 1.165) is 9.99 Å². The first-order valence-electron chi connectivity index (χ1n) is 5.67. The average Bonchev–Trinajstić information content (AvgIpc) is 2.38. The Morgan fingerprint density at radius 2 is 2.05 bits per heavy atom. The lowest BCUT2D eigenvalue weighted by Crippen LogP contribution is -2.22. The molecule has 0 saturated carbocycles. The second kappa shape index (κ2) is 6.45. The van der Waals surface area contributed by atoms with Gasteiger partial charge in [0.2, 0.25) is 10.0 Å². The van der Waals surface area contributed by atoms with Crippen molar-refractivity contribution in [2.75, 3.05) is 33.1 Å². The van der Waals surface area contributed by atoms with Crippen LogP contribution in [0, 0.1) is 11.8 Å². The van der Waals surface area contributed by atoms with Crippen LogP contribution in [0.1, 0.15) is 6.92 Å². The molecule has 0 bridgehead atoms. The zero-order valence-electron chi connectivity index (χ0n) is 11.5. The number of benzene rings is 1. The third-order valence-corrected chi connectivity index (χ3v) is 4.33. The predicted molar refractivity (Wildman–Crippen MR) is 75.8 cm³/mol. The van der Waals surface area contributed by atoms with Crippen molar-refractivity contribution < 1.29 is 13.2 Å². The maximum atomic E-state index is 12.1. The fourth-order valence-electron chi connectivity index (χ4n) is 1.42. The van der Waals surface area contributed by atoms with Crippen LogP contribution in [-0.4, -0.2) is 40.5 Å². The SMILES string of the molecule is CC#CCNc1ccc(S(=O)(=O)N(C)C)c(OC)c1. The minimum atomic E-state index is -3.51. The number of methoxy groups -OCH3 is 1. The molecule has 104 valence electrons. The molecule has 6 heteroatoms. The van der Waals surface area contributed by atoms with Gasteiger partial charge in [0.15, 0.2) is 0 Å². The van der Waals surface area contributed by atoms with E-state index in [1.165, 1.54) is 27.3 Å². The van der Waals surface area contributed by atoms with Gasteiger partial charge in [-0.2, -0.15) is 0 Å². The largest absolute Gasteiger partial charge is 0.495 e. The van der Waals surface area contributed by atoms with E-state index in [4.69, 9.17) is 4.74 Å². The Labute approximate surface area is 114 Å². The van der Waals surface area contributed by atoms with Gasteiger partial charge in [-0.3, -0.25) is 0 Å². The smallest absolute Gasteiger partial charge is 0.246 e. The van der Waals surface area contributed by atoms with Gasteiger partial charge in [0, 0.05) is 25.8 Å². The van der Waals surface area contributed by atoms with Gasteiger partial charge in [-0.1, -0.05) is 5.92 Å². The molecule has 0 radical (unpaired) electrons. The Hall–Kier alpha value is -1.71. The van der Waals surface area contributed by atoms with Gasteiger partial charge in [0.05, 0.1) is 13.7 Å². The number of hydrogen-bond donors (Lipinski definition) is 1. The van der Waals surface area contributed by atoms with E-state index in [1.807, 2.05) is 0 Å². The summed E-state index contributed by atoms with van der Waals surface area (Å²) in [5.74, 6) is 5.95. The molecule has 19 heavy (non-hydrogen) atoms. The quantitative estimate of drug-likeness (QED) is 0.829. The first-order chi connectivity index (χ1) is 8.93. The van der Waals surface area contributed by atoms with Crippen LogP contribution in [0.3, 0.4) is 0 Å². The lowest BCUT2D eigenvalue weighted by atomic mass is 10.3. The Kier molecular flexibility index (Phi) is 5.21. The van der Waals surface area contributed by atoms with Crippen LogP contribution >= 0.6 is 0 Å². The lowest BCUT2D eigenvalue weighted by molar-refractivity contribution is 0.400. The number of anilines is 1. The van der Waals surface area contributed by atoms with Gasteiger partial charge in [0.25, 0.3) is 0 Å². The van der Waals surface area contributed by atoms with Crippen LogP contribution in [0.4, 0.5) is 5.69 Å². The standard InChI is InChI=1S/C13H18N2O3S/c1-5-6-9-14-11-7-8-13(12(10-11)18-4)19(16,17)15(2)3/h7-8,10,14H,9H2,1-4H3. The third-order valence-electron chi connectivity index (χ3n) is 2.48. The molecule has 0 saturated heterocycles. The van der Waals surface area contributed by atoms with E-state index < -0.39 is 10.0 Å². The predicted octanol–water partition coefficient (Wildman–Crippen LogP) is 1.38. The summed E-state index contributed by atoms with van der Waals surface area (Å²) in [6, 6.07) is 4.86. The van der Waals surface area contributed by atoms with Crippen molar-refractivity contribution in [2.45, 2.75) is 11.8 Å². The molecule has 0 aliphatic carbocycles. The summed E-state index contributed by atoms with van der Waals surface area (Å²) < 4.78 is 30.5. The van der Waals surface area contributed by atoms with E-state index in [9.17, 15) is 8.42 Å². The zero-order valence-corrected chi connectivity index (χ0v) is 12.3. The van der Waals surface area contributed by atoms with Crippen molar-refractivity contribution >= 4 is 15.7 Å². The number of sulfonamides is 1. The molecule has 0 amide bonds. The molecule has 1 rings (SSSR count).